The smallest absolute Gasteiger partial charge is 0.336 e. The van der Waals surface area contributed by atoms with Gasteiger partial charge in [-0.05, 0) is 31.0 Å². The molecule has 0 aliphatic rings. The molecule has 0 radical (unpaired) electrons. The van der Waals surface area contributed by atoms with E-state index in [-0.39, 0.29) is 11.5 Å². The van der Waals surface area contributed by atoms with Crippen LogP contribution in [0.4, 0.5) is 0 Å². The Morgan fingerprint density at radius 1 is 0.900 bits per heavy atom. The van der Waals surface area contributed by atoms with E-state index in [1.807, 2.05) is 12.1 Å². The molecule has 0 saturated carbocycles. The first kappa shape index (κ1) is 24.0. The minimum Gasteiger partial charge on any atom is -0.493 e. The van der Waals surface area contributed by atoms with Gasteiger partial charge in [-0.15, -0.1) is 0 Å². The minimum atomic E-state index is -0.376. The third-order valence-corrected chi connectivity index (χ3v) is 5.26. The molecule has 0 spiro atoms. The molecule has 0 bridgehead atoms. The van der Waals surface area contributed by atoms with Crippen molar-refractivity contribution in [2.24, 2.45) is 0 Å². The monoisotopic (exact) mass is 415 g/mol. The van der Waals surface area contributed by atoms with Gasteiger partial charge in [0.05, 0.1) is 6.61 Å². The molecule has 1 heterocycles. The van der Waals surface area contributed by atoms with Gasteiger partial charge in [-0.25, -0.2) is 4.79 Å². The molecule has 166 valence electrons. The van der Waals surface area contributed by atoms with Crippen LogP contribution in [0.2, 0.25) is 0 Å². The Bertz CT molecular complexity index is 799. The fourth-order valence-electron chi connectivity index (χ4n) is 3.48. The number of ether oxygens (including phenoxy) is 1. The Morgan fingerprint density at radius 3 is 2.30 bits per heavy atom. The summed E-state index contributed by atoms with van der Waals surface area (Å²) >= 11 is 0. The van der Waals surface area contributed by atoms with Crippen molar-refractivity contribution in [1.82, 2.24) is 5.32 Å². The molecule has 5 heteroatoms. The van der Waals surface area contributed by atoms with Crippen molar-refractivity contribution in [2.75, 3.05) is 13.2 Å². The zero-order chi connectivity index (χ0) is 21.4. The molecular weight excluding hydrogens is 378 g/mol. The number of hydrogen-bond acceptors (Lipinski definition) is 4. The molecule has 0 aliphatic heterocycles. The first-order valence-electron chi connectivity index (χ1n) is 11.6. The number of carbonyl (C=O) groups is 1. The second-order valence-corrected chi connectivity index (χ2v) is 7.94. The van der Waals surface area contributed by atoms with Gasteiger partial charge in [-0.2, -0.15) is 0 Å². The van der Waals surface area contributed by atoms with Crippen molar-refractivity contribution in [3.05, 3.63) is 40.8 Å². The van der Waals surface area contributed by atoms with E-state index >= 15 is 0 Å². The first-order valence-corrected chi connectivity index (χ1v) is 11.6. The summed E-state index contributed by atoms with van der Waals surface area (Å²) in [6, 6.07) is 8.53. The number of nitrogens with one attached hydrogen (secondary N) is 1. The Labute approximate surface area is 180 Å². The fourth-order valence-corrected chi connectivity index (χ4v) is 3.48. The average molecular weight is 416 g/mol. The molecule has 0 saturated heterocycles. The molecule has 0 aliphatic carbocycles. The predicted molar refractivity (Wildman–Crippen MR) is 122 cm³/mol. The van der Waals surface area contributed by atoms with Gasteiger partial charge in [0.2, 0.25) is 5.91 Å². The number of unbranched alkanes of at least 4 members (excludes halogenated alkanes) is 9. The van der Waals surface area contributed by atoms with Crippen molar-refractivity contribution in [3.8, 4) is 5.75 Å². The van der Waals surface area contributed by atoms with E-state index in [9.17, 15) is 9.59 Å². The molecule has 1 aromatic heterocycles. The lowest BCUT2D eigenvalue weighted by Crippen LogP contribution is -2.24. The second-order valence-electron chi connectivity index (χ2n) is 7.94. The lowest BCUT2D eigenvalue weighted by molar-refractivity contribution is -0.121. The molecule has 0 atom stereocenters. The van der Waals surface area contributed by atoms with E-state index in [2.05, 4.69) is 12.2 Å². The van der Waals surface area contributed by atoms with Crippen LogP contribution >= 0.6 is 0 Å². The van der Waals surface area contributed by atoms with Crippen LogP contribution in [0.25, 0.3) is 11.0 Å². The van der Waals surface area contributed by atoms with Crippen LogP contribution in [0.15, 0.2) is 39.5 Å². The summed E-state index contributed by atoms with van der Waals surface area (Å²) in [5.41, 5.74) is 0.132. The van der Waals surface area contributed by atoms with E-state index in [0.717, 1.165) is 18.4 Å². The average Bonchev–Trinajstić information content (AvgIpc) is 2.74. The lowest BCUT2D eigenvalue weighted by Gasteiger charge is -2.08. The van der Waals surface area contributed by atoms with E-state index in [1.54, 1.807) is 12.1 Å². The zero-order valence-electron chi connectivity index (χ0n) is 18.4. The van der Waals surface area contributed by atoms with Gasteiger partial charge in [-0.1, -0.05) is 64.7 Å². The van der Waals surface area contributed by atoms with Crippen molar-refractivity contribution in [1.29, 1.82) is 0 Å². The number of amides is 1. The lowest BCUT2D eigenvalue weighted by atomic mass is 10.1. The van der Waals surface area contributed by atoms with Crippen LogP contribution in [0, 0.1) is 0 Å². The molecular formula is C25H37NO4. The summed E-state index contributed by atoms with van der Waals surface area (Å²) in [5, 5.41) is 3.85. The number of hydrogen-bond donors (Lipinski definition) is 1. The van der Waals surface area contributed by atoms with Crippen LogP contribution in [0.5, 0.6) is 5.75 Å². The quantitative estimate of drug-likeness (QED) is 0.270. The van der Waals surface area contributed by atoms with Crippen molar-refractivity contribution < 1.29 is 13.9 Å². The standard InChI is InChI=1S/C25H37NO4/c1-2-3-4-5-6-7-8-9-10-11-18-26-24(27)13-12-19-29-22-16-14-21-15-17-25(28)30-23(21)20-22/h14-17,20H,2-13,18-19H2,1H3,(H,26,27). The van der Waals surface area contributed by atoms with Crippen LogP contribution in [-0.2, 0) is 4.79 Å². The maximum absolute atomic E-state index is 11.9. The molecule has 30 heavy (non-hydrogen) atoms. The Hall–Kier alpha value is -2.30. The summed E-state index contributed by atoms with van der Waals surface area (Å²) < 4.78 is 10.8. The van der Waals surface area contributed by atoms with E-state index in [1.165, 1.54) is 63.9 Å². The van der Waals surface area contributed by atoms with Gasteiger partial charge in [0.1, 0.15) is 11.3 Å². The van der Waals surface area contributed by atoms with Crippen molar-refractivity contribution >= 4 is 16.9 Å². The number of rotatable bonds is 16. The van der Waals surface area contributed by atoms with Gasteiger partial charge in [0.25, 0.3) is 0 Å². The largest absolute Gasteiger partial charge is 0.493 e. The summed E-state index contributed by atoms with van der Waals surface area (Å²) in [7, 11) is 0. The van der Waals surface area contributed by atoms with Gasteiger partial charge in [0.15, 0.2) is 0 Å². The number of benzene rings is 1. The highest BCUT2D eigenvalue weighted by atomic mass is 16.5. The first-order chi connectivity index (χ1) is 14.7. The molecule has 1 N–H and O–H groups in total. The molecule has 1 amide bonds. The predicted octanol–water partition coefficient (Wildman–Crippen LogP) is 5.99. The highest BCUT2D eigenvalue weighted by Gasteiger charge is 2.03. The molecule has 5 nitrogen and oxygen atoms in total. The Morgan fingerprint density at radius 2 is 1.57 bits per heavy atom. The number of fused-ring (bicyclic) bond motifs is 1. The van der Waals surface area contributed by atoms with Gasteiger partial charge in [-0.3, -0.25) is 4.79 Å². The summed E-state index contributed by atoms with van der Waals surface area (Å²) in [4.78, 5) is 23.2. The van der Waals surface area contributed by atoms with Crippen molar-refractivity contribution in [3.63, 3.8) is 0 Å². The zero-order valence-corrected chi connectivity index (χ0v) is 18.4. The third-order valence-electron chi connectivity index (χ3n) is 5.26. The van der Waals surface area contributed by atoms with E-state index in [0.29, 0.717) is 30.8 Å². The van der Waals surface area contributed by atoms with E-state index in [4.69, 9.17) is 9.15 Å². The minimum absolute atomic E-state index is 0.0824. The fraction of sp³-hybridized carbons (Fsp3) is 0.600. The summed E-state index contributed by atoms with van der Waals surface area (Å²) in [5.74, 6) is 0.724. The highest BCUT2D eigenvalue weighted by Crippen LogP contribution is 2.19. The maximum Gasteiger partial charge on any atom is 0.336 e. The second kappa shape index (κ2) is 14.6. The van der Waals surface area contributed by atoms with Gasteiger partial charge < -0.3 is 14.5 Å². The Balaban J connectivity index is 1.45. The molecule has 1 aromatic carbocycles. The topological polar surface area (TPSA) is 68.5 Å². The SMILES string of the molecule is CCCCCCCCCCCCNC(=O)CCCOc1ccc2ccc(=O)oc2c1. The third kappa shape index (κ3) is 9.95. The van der Waals surface area contributed by atoms with Gasteiger partial charge >= 0.3 is 5.63 Å². The molecule has 2 aromatic rings. The number of carbonyl (C=O) groups excluding carboxylic acids is 1. The van der Waals surface area contributed by atoms with Crippen LogP contribution in [0.3, 0.4) is 0 Å². The van der Waals surface area contributed by atoms with Crippen LogP contribution < -0.4 is 15.7 Å². The maximum atomic E-state index is 11.9. The summed E-state index contributed by atoms with van der Waals surface area (Å²) in [6.07, 6.45) is 14.1. The normalized spacial score (nSPS) is 11.0. The highest BCUT2D eigenvalue weighted by molar-refractivity contribution is 5.77. The van der Waals surface area contributed by atoms with E-state index < -0.39 is 0 Å². The summed E-state index contributed by atoms with van der Waals surface area (Å²) in [6.45, 7) is 3.47. The van der Waals surface area contributed by atoms with Crippen LogP contribution in [-0.4, -0.2) is 19.1 Å². The van der Waals surface area contributed by atoms with Crippen molar-refractivity contribution in [2.45, 2.75) is 84.0 Å². The molecule has 0 unspecified atom stereocenters. The van der Waals surface area contributed by atoms with Crippen LogP contribution in [0.1, 0.15) is 84.0 Å². The Kier molecular flexibility index (Phi) is 11.7. The molecule has 0 fully saturated rings. The molecule has 2 rings (SSSR count). The van der Waals surface area contributed by atoms with Gasteiger partial charge in [0, 0.05) is 30.5 Å².